The molecule has 0 saturated carbocycles. The summed E-state index contributed by atoms with van der Waals surface area (Å²) in [7, 11) is 1.64. The second kappa shape index (κ2) is 3.87. The molecule has 70 valence electrons. The maximum atomic E-state index is 11.2. The third kappa shape index (κ3) is 1.95. The molecule has 12 heavy (non-hydrogen) atoms. The van der Waals surface area contributed by atoms with Crippen molar-refractivity contribution in [2.45, 2.75) is 25.6 Å². The van der Waals surface area contributed by atoms with Gasteiger partial charge in [0.25, 0.3) is 5.91 Å². The summed E-state index contributed by atoms with van der Waals surface area (Å²) in [6, 6.07) is 0. The Balaban J connectivity index is 2.41. The Morgan fingerprint density at radius 2 is 2.42 bits per heavy atom. The smallest absolute Gasteiger partial charge is 0.251 e. The van der Waals surface area contributed by atoms with Crippen molar-refractivity contribution < 1.29 is 14.6 Å². The van der Waals surface area contributed by atoms with Gasteiger partial charge in [-0.25, -0.2) is 0 Å². The number of hydrogen-bond acceptors (Lipinski definition) is 3. The lowest BCUT2D eigenvalue weighted by atomic mass is 10.3. The van der Waals surface area contributed by atoms with Gasteiger partial charge in [0, 0.05) is 20.2 Å². The molecule has 2 atom stereocenters. The highest BCUT2D eigenvalue weighted by Crippen LogP contribution is 2.12. The molecule has 1 aliphatic rings. The molecular formula is C8H15NO3. The minimum atomic E-state index is -0.888. The molecular weight excluding hydrogens is 158 g/mol. The van der Waals surface area contributed by atoms with Crippen LogP contribution in [0.1, 0.15) is 13.3 Å². The molecule has 0 aromatic heterocycles. The number of carbonyl (C=O) groups excluding carboxylic acids is 1. The van der Waals surface area contributed by atoms with Gasteiger partial charge in [-0.15, -0.1) is 0 Å². The summed E-state index contributed by atoms with van der Waals surface area (Å²) < 4.78 is 5.10. The molecule has 0 aliphatic carbocycles. The normalized spacial score (nSPS) is 25.9. The van der Waals surface area contributed by atoms with Gasteiger partial charge in [-0.3, -0.25) is 4.79 Å². The lowest BCUT2D eigenvalue weighted by Gasteiger charge is -2.17. The molecule has 0 aromatic carbocycles. The van der Waals surface area contributed by atoms with E-state index in [4.69, 9.17) is 9.84 Å². The number of amides is 1. The summed E-state index contributed by atoms with van der Waals surface area (Å²) in [6.45, 7) is 2.80. The summed E-state index contributed by atoms with van der Waals surface area (Å²) in [6.07, 6.45) is 0.128. The van der Waals surface area contributed by atoms with Crippen LogP contribution in [0.15, 0.2) is 0 Å². The van der Waals surface area contributed by atoms with Gasteiger partial charge in [-0.1, -0.05) is 0 Å². The Kier molecular flexibility index (Phi) is 3.05. The molecule has 1 saturated heterocycles. The number of carbonyl (C=O) groups is 1. The van der Waals surface area contributed by atoms with E-state index in [1.807, 2.05) is 0 Å². The van der Waals surface area contributed by atoms with E-state index in [0.29, 0.717) is 13.1 Å². The number of nitrogens with zero attached hydrogens (tertiary/aromatic N) is 1. The quantitative estimate of drug-likeness (QED) is 0.619. The number of aliphatic hydroxyl groups excluding tert-OH is 1. The Labute approximate surface area is 72.1 Å². The van der Waals surface area contributed by atoms with Crippen LogP contribution in [0.25, 0.3) is 0 Å². The molecule has 4 nitrogen and oxygen atoms in total. The van der Waals surface area contributed by atoms with Crippen LogP contribution in [0, 0.1) is 0 Å². The minimum absolute atomic E-state index is 0.146. The van der Waals surface area contributed by atoms with Gasteiger partial charge < -0.3 is 14.7 Å². The van der Waals surface area contributed by atoms with E-state index >= 15 is 0 Å². The first-order valence-electron chi connectivity index (χ1n) is 4.14. The maximum absolute atomic E-state index is 11.2. The number of rotatable bonds is 2. The van der Waals surface area contributed by atoms with E-state index in [0.717, 1.165) is 6.42 Å². The number of likely N-dealkylation sites (tertiary alicyclic amines) is 1. The van der Waals surface area contributed by atoms with Crippen LogP contribution in [0.2, 0.25) is 0 Å². The van der Waals surface area contributed by atoms with Crippen molar-refractivity contribution in [3.05, 3.63) is 0 Å². The predicted octanol–water partition coefficient (Wildman–Crippen LogP) is -0.385. The summed E-state index contributed by atoms with van der Waals surface area (Å²) in [4.78, 5) is 12.9. The number of ether oxygens (including phenoxy) is 1. The van der Waals surface area contributed by atoms with Crippen molar-refractivity contribution >= 4 is 5.91 Å². The van der Waals surface area contributed by atoms with Crippen LogP contribution in [-0.4, -0.2) is 48.3 Å². The van der Waals surface area contributed by atoms with Crippen molar-refractivity contribution in [2.75, 3.05) is 20.2 Å². The molecule has 0 radical (unpaired) electrons. The van der Waals surface area contributed by atoms with Crippen molar-refractivity contribution in [3.63, 3.8) is 0 Å². The third-order valence-electron chi connectivity index (χ3n) is 2.15. The Morgan fingerprint density at radius 1 is 1.75 bits per heavy atom. The van der Waals surface area contributed by atoms with E-state index in [2.05, 4.69) is 0 Å². The number of methoxy groups -OCH3 is 1. The van der Waals surface area contributed by atoms with Crippen molar-refractivity contribution in [2.24, 2.45) is 0 Å². The zero-order chi connectivity index (χ0) is 9.14. The van der Waals surface area contributed by atoms with E-state index in [-0.39, 0.29) is 12.0 Å². The molecule has 0 spiro atoms. The van der Waals surface area contributed by atoms with E-state index < -0.39 is 6.10 Å². The van der Waals surface area contributed by atoms with Crippen molar-refractivity contribution in [1.82, 2.24) is 4.90 Å². The zero-order valence-electron chi connectivity index (χ0n) is 7.49. The topological polar surface area (TPSA) is 49.8 Å². The zero-order valence-corrected chi connectivity index (χ0v) is 7.49. The fourth-order valence-electron chi connectivity index (χ4n) is 1.38. The summed E-state index contributed by atoms with van der Waals surface area (Å²) in [5.41, 5.74) is 0. The van der Waals surface area contributed by atoms with Crippen LogP contribution in [0.4, 0.5) is 0 Å². The van der Waals surface area contributed by atoms with Crippen molar-refractivity contribution in [1.29, 1.82) is 0 Å². The standard InChI is InChI=1S/C8H15NO3/c1-6(10)8(11)9-4-3-7(5-9)12-2/h6-7,10H,3-5H2,1-2H3/t6-,7-/m0/s1. The first-order chi connectivity index (χ1) is 5.65. The maximum Gasteiger partial charge on any atom is 0.251 e. The second-order valence-electron chi connectivity index (χ2n) is 3.11. The van der Waals surface area contributed by atoms with Gasteiger partial charge in [0.2, 0.25) is 0 Å². The van der Waals surface area contributed by atoms with Gasteiger partial charge >= 0.3 is 0 Å². The van der Waals surface area contributed by atoms with E-state index in [9.17, 15) is 4.79 Å². The van der Waals surface area contributed by atoms with Gasteiger partial charge in [0.15, 0.2) is 0 Å². The van der Waals surface area contributed by atoms with Gasteiger partial charge in [0.05, 0.1) is 6.10 Å². The molecule has 0 bridgehead atoms. The SMILES string of the molecule is CO[C@H]1CCN(C(=O)[C@H](C)O)C1. The molecule has 1 rings (SSSR count). The molecule has 1 amide bonds. The fourth-order valence-corrected chi connectivity index (χ4v) is 1.38. The molecule has 1 fully saturated rings. The average Bonchev–Trinajstić information content (AvgIpc) is 2.50. The van der Waals surface area contributed by atoms with Crippen molar-refractivity contribution in [3.8, 4) is 0 Å². The molecule has 1 heterocycles. The molecule has 1 N–H and O–H groups in total. The predicted molar refractivity (Wildman–Crippen MR) is 43.7 cm³/mol. The van der Waals surface area contributed by atoms with Crippen LogP contribution < -0.4 is 0 Å². The first-order valence-corrected chi connectivity index (χ1v) is 4.14. The van der Waals surface area contributed by atoms with Crippen LogP contribution in [0.3, 0.4) is 0 Å². The Morgan fingerprint density at radius 3 is 2.83 bits per heavy atom. The highest BCUT2D eigenvalue weighted by Gasteiger charge is 2.27. The molecule has 0 unspecified atom stereocenters. The highest BCUT2D eigenvalue weighted by atomic mass is 16.5. The van der Waals surface area contributed by atoms with Crippen LogP contribution in [0.5, 0.6) is 0 Å². The number of aliphatic hydroxyl groups is 1. The largest absolute Gasteiger partial charge is 0.384 e. The lowest BCUT2D eigenvalue weighted by Crippen LogP contribution is -2.36. The molecule has 0 aromatic rings. The van der Waals surface area contributed by atoms with Gasteiger partial charge in [-0.05, 0) is 13.3 Å². The Hall–Kier alpha value is -0.610. The fraction of sp³-hybridized carbons (Fsp3) is 0.875. The van der Waals surface area contributed by atoms with Crippen LogP contribution >= 0.6 is 0 Å². The van der Waals surface area contributed by atoms with Gasteiger partial charge in [0.1, 0.15) is 6.10 Å². The minimum Gasteiger partial charge on any atom is -0.384 e. The van der Waals surface area contributed by atoms with E-state index in [1.165, 1.54) is 6.92 Å². The number of hydrogen-bond donors (Lipinski definition) is 1. The second-order valence-corrected chi connectivity index (χ2v) is 3.11. The lowest BCUT2D eigenvalue weighted by molar-refractivity contribution is -0.138. The van der Waals surface area contributed by atoms with E-state index in [1.54, 1.807) is 12.0 Å². The molecule has 4 heteroatoms. The van der Waals surface area contributed by atoms with Gasteiger partial charge in [-0.2, -0.15) is 0 Å². The summed E-state index contributed by atoms with van der Waals surface area (Å²) in [5, 5.41) is 9.01. The highest BCUT2D eigenvalue weighted by molar-refractivity contribution is 5.80. The summed E-state index contributed by atoms with van der Waals surface area (Å²) in [5.74, 6) is -0.199. The third-order valence-corrected chi connectivity index (χ3v) is 2.15. The summed E-state index contributed by atoms with van der Waals surface area (Å²) >= 11 is 0. The Bertz CT molecular complexity index is 170. The first kappa shape index (κ1) is 9.48. The molecule has 1 aliphatic heterocycles. The average molecular weight is 173 g/mol. The van der Waals surface area contributed by atoms with Crippen LogP contribution in [-0.2, 0) is 9.53 Å². The monoisotopic (exact) mass is 173 g/mol.